The van der Waals surface area contributed by atoms with Gasteiger partial charge in [0.1, 0.15) is 5.82 Å². The Morgan fingerprint density at radius 3 is 2.84 bits per heavy atom. The van der Waals surface area contributed by atoms with Crippen LogP contribution >= 0.6 is 15.9 Å². The van der Waals surface area contributed by atoms with E-state index in [1.165, 1.54) is 18.2 Å². The van der Waals surface area contributed by atoms with Crippen molar-refractivity contribution in [3.63, 3.8) is 0 Å². The minimum absolute atomic E-state index is 0.274. The number of hydrogen-bond donors (Lipinski definition) is 2. The van der Waals surface area contributed by atoms with Crippen molar-refractivity contribution in [2.24, 2.45) is 5.41 Å². The predicted molar refractivity (Wildman–Crippen MR) is 81.3 cm³/mol. The Hall–Kier alpha value is -1.13. The molecule has 1 aliphatic rings. The molecule has 1 aliphatic carbocycles. The molecule has 0 unspecified atom stereocenters. The quantitative estimate of drug-likeness (QED) is 0.885. The molecule has 3 nitrogen and oxygen atoms in total. The summed E-state index contributed by atoms with van der Waals surface area (Å²) in [6, 6.07) is 8.17. The van der Waals surface area contributed by atoms with Gasteiger partial charge in [-0.1, -0.05) is 28.1 Å². The topological polar surface area (TPSA) is 45.1 Å². The van der Waals surface area contributed by atoms with E-state index in [2.05, 4.69) is 32.3 Å². The summed E-state index contributed by atoms with van der Waals surface area (Å²) in [7, 11) is 0. The molecule has 0 spiro atoms. The number of aromatic nitrogens is 1. The Morgan fingerprint density at radius 2 is 2.11 bits per heavy atom. The third-order valence-corrected chi connectivity index (χ3v) is 4.67. The van der Waals surface area contributed by atoms with Crippen LogP contribution in [0.1, 0.15) is 19.3 Å². The van der Waals surface area contributed by atoms with Gasteiger partial charge in [0.25, 0.3) is 0 Å². The fourth-order valence-electron chi connectivity index (χ4n) is 2.51. The second-order valence-corrected chi connectivity index (χ2v) is 6.18. The van der Waals surface area contributed by atoms with Gasteiger partial charge in [-0.15, -0.1) is 0 Å². The zero-order chi connectivity index (χ0) is 13.3. The highest BCUT2D eigenvalue weighted by atomic mass is 79.9. The van der Waals surface area contributed by atoms with Gasteiger partial charge >= 0.3 is 0 Å². The maximum Gasteiger partial charge on any atom is 0.133 e. The maximum absolute atomic E-state index is 9.10. The van der Waals surface area contributed by atoms with Crippen molar-refractivity contribution in [3.8, 4) is 0 Å². The molecule has 1 heterocycles. The van der Waals surface area contributed by atoms with E-state index in [-0.39, 0.29) is 6.61 Å². The molecule has 0 bridgehead atoms. The molecule has 0 saturated heterocycles. The van der Waals surface area contributed by atoms with Gasteiger partial charge in [0, 0.05) is 34.6 Å². The molecule has 1 saturated carbocycles. The number of hydrogen-bond acceptors (Lipinski definition) is 3. The Labute approximate surface area is 121 Å². The normalized spacial score (nSPS) is 16.5. The standard InChI is InChI=1S/C15H17BrN2O/c16-13-3-1-2-12-11(13)4-8-17-14(12)18-10-15(5-6-15)7-9-19/h1-4,8,19H,5-7,9-10H2,(H,17,18). The van der Waals surface area contributed by atoms with Crippen molar-refractivity contribution >= 4 is 32.5 Å². The number of aliphatic hydroxyl groups is 1. The summed E-state index contributed by atoms with van der Waals surface area (Å²) in [6.07, 6.45) is 5.12. The van der Waals surface area contributed by atoms with Gasteiger partial charge in [-0.2, -0.15) is 0 Å². The second-order valence-electron chi connectivity index (χ2n) is 5.32. The second kappa shape index (κ2) is 5.10. The zero-order valence-electron chi connectivity index (χ0n) is 10.7. The van der Waals surface area contributed by atoms with Gasteiger partial charge in [-0.05, 0) is 36.8 Å². The Bertz CT molecular complexity index is 596. The van der Waals surface area contributed by atoms with Crippen molar-refractivity contribution in [1.29, 1.82) is 0 Å². The third kappa shape index (κ3) is 2.60. The lowest BCUT2D eigenvalue weighted by molar-refractivity contribution is 0.253. The molecular formula is C15H17BrN2O. The van der Waals surface area contributed by atoms with Crippen LogP contribution in [0.4, 0.5) is 5.82 Å². The van der Waals surface area contributed by atoms with Crippen molar-refractivity contribution in [2.45, 2.75) is 19.3 Å². The van der Waals surface area contributed by atoms with E-state index in [1.807, 2.05) is 24.4 Å². The lowest BCUT2D eigenvalue weighted by Gasteiger charge is -2.16. The maximum atomic E-state index is 9.10. The molecule has 3 rings (SSSR count). The van der Waals surface area contributed by atoms with Gasteiger partial charge in [0.2, 0.25) is 0 Å². The number of nitrogens with one attached hydrogen (secondary N) is 1. The van der Waals surface area contributed by atoms with Crippen molar-refractivity contribution in [3.05, 3.63) is 34.9 Å². The minimum Gasteiger partial charge on any atom is -0.396 e. The summed E-state index contributed by atoms with van der Waals surface area (Å²) in [5.41, 5.74) is 0.296. The highest BCUT2D eigenvalue weighted by Gasteiger charge is 2.41. The van der Waals surface area contributed by atoms with Gasteiger partial charge < -0.3 is 10.4 Å². The molecule has 1 aromatic heterocycles. The van der Waals surface area contributed by atoms with Gasteiger partial charge in [0.05, 0.1) is 0 Å². The number of halogens is 1. The van der Waals surface area contributed by atoms with Crippen LogP contribution in [0.5, 0.6) is 0 Å². The van der Waals surface area contributed by atoms with E-state index in [0.29, 0.717) is 5.41 Å². The molecule has 4 heteroatoms. The van der Waals surface area contributed by atoms with E-state index >= 15 is 0 Å². The lowest BCUT2D eigenvalue weighted by atomic mass is 10.0. The zero-order valence-corrected chi connectivity index (χ0v) is 12.3. The number of benzene rings is 1. The van der Waals surface area contributed by atoms with Crippen LogP contribution in [-0.2, 0) is 0 Å². The van der Waals surface area contributed by atoms with Gasteiger partial charge in [-0.3, -0.25) is 0 Å². The molecular weight excluding hydrogens is 304 g/mol. The van der Waals surface area contributed by atoms with Crippen LogP contribution in [0.3, 0.4) is 0 Å². The Kier molecular flexibility index (Phi) is 3.46. The highest BCUT2D eigenvalue weighted by molar-refractivity contribution is 9.10. The van der Waals surface area contributed by atoms with Crippen molar-refractivity contribution < 1.29 is 5.11 Å². The number of fused-ring (bicyclic) bond motifs is 1. The van der Waals surface area contributed by atoms with E-state index in [1.54, 1.807) is 0 Å². The average Bonchev–Trinajstić information content (AvgIpc) is 3.18. The molecule has 0 amide bonds. The molecule has 19 heavy (non-hydrogen) atoms. The van der Waals surface area contributed by atoms with Crippen LogP contribution in [0.2, 0.25) is 0 Å². The lowest BCUT2D eigenvalue weighted by Crippen LogP contribution is -2.17. The Morgan fingerprint density at radius 1 is 1.26 bits per heavy atom. The van der Waals surface area contributed by atoms with E-state index < -0.39 is 0 Å². The van der Waals surface area contributed by atoms with Crippen LogP contribution in [-0.4, -0.2) is 23.2 Å². The molecule has 1 aromatic carbocycles. The first kappa shape index (κ1) is 12.9. The highest BCUT2D eigenvalue weighted by Crippen LogP contribution is 2.48. The first-order valence-corrected chi connectivity index (χ1v) is 7.41. The summed E-state index contributed by atoms with van der Waals surface area (Å²) in [5, 5.41) is 14.9. The van der Waals surface area contributed by atoms with E-state index in [0.717, 1.165) is 28.6 Å². The Balaban J connectivity index is 1.83. The molecule has 2 aromatic rings. The molecule has 0 radical (unpaired) electrons. The molecule has 1 fully saturated rings. The van der Waals surface area contributed by atoms with Gasteiger partial charge in [-0.25, -0.2) is 4.98 Å². The van der Waals surface area contributed by atoms with Crippen LogP contribution in [0, 0.1) is 5.41 Å². The first-order valence-electron chi connectivity index (χ1n) is 6.62. The summed E-state index contributed by atoms with van der Waals surface area (Å²) in [5.74, 6) is 0.933. The SMILES string of the molecule is OCCC1(CNc2nccc3c(Br)cccc23)CC1. The summed E-state index contributed by atoms with van der Waals surface area (Å²) < 4.78 is 1.09. The molecule has 0 atom stereocenters. The van der Waals surface area contributed by atoms with Crippen molar-refractivity contribution in [1.82, 2.24) is 4.98 Å². The predicted octanol–water partition coefficient (Wildman–Crippen LogP) is 3.57. The van der Waals surface area contributed by atoms with E-state index in [4.69, 9.17) is 5.11 Å². The number of pyridine rings is 1. The third-order valence-electron chi connectivity index (χ3n) is 3.98. The minimum atomic E-state index is 0.274. The monoisotopic (exact) mass is 320 g/mol. The number of aliphatic hydroxyl groups excluding tert-OH is 1. The number of anilines is 1. The fraction of sp³-hybridized carbons (Fsp3) is 0.400. The van der Waals surface area contributed by atoms with Crippen LogP contribution in [0.25, 0.3) is 10.8 Å². The summed E-state index contributed by atoms with van der Waals surface area (Å²) >= 11 is 3.57. The van der Waals surface area contributed by atoms with Gasteiger partial charge in [0.15, 0.2) is 0 Å². The summed E-state index contributed by atoms with van der Waals surface area (Å²) in [4.78, 5) is 4.44. The largest absolute Gasteiger partial charge is 0.396 e. The summed E-state index contributed by atoms with van der Waals surface area (Å²) in [6.45, 7) is 1.17. The number of rotatable bonds is 5. The smallest absolute Gasteiger partial charge is 0.133 e. The molecule has 0 aliphatic heterocycles. The average molecular weight is 321 g/mol. The van der Waals surface area contributed by atoms with Crippen LogP contribution in [0.15, 0.2) is 34.9 Å². The fourth-order valence-corrected chi connectivity index (χ4v) is 3.01. The molecule has 2 N–H and O–H groups in total. The van der Waals surface area contributed by atoms with Crippen molar-refractivity contribution in [2.75, 3.05) is 18.5 Å². The number of nitrogens with zero attached hydrogens (tertiary/aromatic N) is 1. The van der Waals surface area contributed by atoms with E-state index in [9.17, 15) is 0 Å². The molecule has 100 valence electrons. The first-order chi connectivity index (χ1) is 9.24. The van der Waals surface area contributed by atoms with Crippen LogP contribution < -0.4 is 5.32 Å².